The normalized spacial score (nSPS) is 19.4. The number of amides is 1. The highest BCUT2D eigenvalue weighted by Gasteiger charge is 2.48. The Morgan fingerprint density at radius 3 is 2.03 bits per heavy atom. The largest absolute Gasteiger partial charge is 0.508 e. The maximum atomic E-state index is 13.3. The van der Waals surface area contributed by atoms with Gasteiger partial charge in [0.1, 0.15) is 17.4 Å². The molecule has 3 aromatic carbocycles. The number of β-lactam (4-membered cyclic amide) rings is 1. The van der Waals surface area contributed by atoms with Gasteiger partial charge in [-0.3, -0.25) is 4.79 Å². The Bertz CT molecular complexity index is 1020. The number of halogens is 2. The summed E-state index contributed by atoms with van der Waals surface area (Å²) in [6.07, 6.45) is -0.0344. The quantitative estimate of drug-likeness (QED) is 0.570. The first kappa shape index (κ1) is 20.0. The number of aliphatic hydroxyl groups excluding tert-OH is 1. The average molecular weight is 409 g/mol. The number of phenols is 1. The standard InChI is InChI=1S/C24H21F2NO3/c25-17-5-1-15(2-6-17)22(29)14-13-21-23(16-3-11-20(28)12-4-16)27(24(21)30)19-9-7-18(26)8-10-19/h1-12,21-23,28-29H,13-14H2/t21-,22?,23+/m1/s1. The molecule has 1 aliphatic heterocycles. The summed E-state index contributed by atoms with van der Waals surface area (Å²) in [7, 11) is 0. The molecular formula is C24H21F2NO3. The molecule has 1 amide bonds. The second-order valence-electron chi connectivity index (χ2n) is 7.47. The number of aromatic hydroxyl groups is 1. The van der Waals surface area contributed by atoms with E-state index in [0.29, 0.717) is 24.1 Å². The number of carbonyl (C=O) groups excluding carboxylic acids is 1. The summed E-state index contributed by atoms with van der Waals surface area (Å²) in [6.45, 7) is 0. The van der Waals surface area contributed by atoms with Gasteiger partial charge in [-0.25, -0.2) is 8.78 Å². The molecule has 3 aromatic rings. The van der Waals surface area contributed by atoms with Gasteiger partial charge < -0.3 is 15.1 Å². The Hall–Kier alpha value is -3.25. The molecule has 1 saturated heterocycles. The van der Waals surface area contributed by atoms with Gasteiger partial charge in [-0.15, -0.1) is 0 Å². The summed E-state index contributed by atoms with van der Waals surface area (Å²) in [4.78, 5) is 14.6. The third-order valence-corrected chi connectivity index (χ3v) is 5.56. The first-order chi connectivity index (χ1) is 14.4. The van der Waals surface area contributed by atoms with Crippen molar-refractivity contribution in [1.29, 1.82) is 0 Å². The number of rotatable bonds is 6. The number of anilines is 1. The molecule has 0 bridgehead atoms. The van der Waals surface area contributed by atoms with Crippen LogP contribution in [-0.4, -0.2) is 16.1 Å². The first-order valence-corrected chi connectivity index (χ1v) is 9.75. The molecule has 154 valence electrons. The number of aliphatic hydroxyl groups is 1. The maximum Gasteiger partial charge on any atom is 0.233 e. The molecule has 1 heterocycles. The third kappa shape index (κ3) is 3.91. The molecule has 3 atom stereocenters. The lowest BCUT2D eigenvalue weighted by Crippen LogP contribution is -2.55. The monoisotopic (exact) mass is 409 g/mol. The number of phenolic OH excluding ortho intramolecular Hbond substituents is 1. The van der Waals surface area contributed by atoms with Crippen molar-refractivity contribution in [2.24, 2.45) is 5.92 Å². The minimum absolute atomic E-state index is 0.106. The molecule has 0 spiro atoms. The fourth-order valence-electron chi connectivity index (χ4n) is 3.96. The minimum atomic E-state index is -0.807. The molecule has 0 aromatic heterocycles. The van der Waals surface area contributed by atoms with E-state index in [2.05, 4.69) is 0 Å². The smallest absolute Gasteiger partial charge is 0.233 e. The van der Waals surface area contributed by atoms with E-state index in [0.717, 1.165) is 5.56 Å². The Morgan fingerprint density at radius 2 is 1.43 bits per heavy atom. The zero-order valence-corrected chi connectivity index (χ0v) is 16.1. The lowest BCUT2D eigenvalue weighted by Gasteiger charge is -2.48. The van der Waals surface area contributed by atoms with Gasteiger partial charge in [0.2, 0.25) is 5.91 Å². The third-order valence-electron chi connectivity index (χ3n) is 5.56. The van der Waals surface area contributed by atoms with E-state index in [1.165, 1.54) is 36.4 Å². The Morgan fingerprint density at radius 1 is 0.867 bits per heavy atom. The van der Waals surface area contributed by atoms with Crippen LogP contribution in [0.4, 0.5) is 14.5 Å². The van der Waals surface area contributed by atoms with E-state index in [1.54, 1.807) is 41.3 Å². The second kappa shape index (κ2) is 8.24. The van der Waals surface area contributed by atoms with E-state index >= 15 is 0 Å². The van der Waals surface area contributed by atoms with Crippen LogP contribution in [0.25, 0.3) is 0 Å². The number of nitrogens with zero attached hydrogens (tertiary/aromatic N) is 1. The van der Waals surface area contributed by atoms with Crippen molar-refractivity contribution in [2.45, 2.75) is 25.0 Å². The van der Waals surface area contributed by atoms with Gasteiger partial charge in [0.05, 0.1) is 18.1 Å². The molecule has 4 rings (SSSR count). The first-order valence-electron chi connectivity index (χ1n) is 9.75. The van der Waals surface area contributed by atoms with Crippen LogP contribution >= 0.6 is 0 Å². The molecule has 1 aliphatic rings. The van der Waals surface area contributed by atoms with Crippen LogP contribution in [0.1, 0.15) is 36.1 Å². The van der Waals surface area contributed by atoms with Gasteiger partial charge in [-0.2, -0.15) is 0 Å². The Balaban J connectivity index is 1.55. The van der Waals surface area contributed by atoms with Gasteiger partial charge in [-0.05, 0) is 72.5 Å². The zero-order valence-electron chi connectivity index (χ0n) is 16.1. The van der Waals surface area contributed by atoms with Crippen molar-refractivity contribution in [1.82, 2.24) is 0 Å². The summed E-state index contributed by atoms with van der Waals surface area (Å²) in [5.41, 5.74) is 2.03. The predicted molar refractivity (Wildman–Crippen MR) is 109 cm³/mol. The van der Waals surface area contributed by atoms with Crippen LogP contribution in [0.2, 0.25) is 0 Å². The van der Waals surface area contributed by atoms with Crippen molar-refractivity contribution in [2.75, 3.05) is 4.90 Å². The van der Waals surface area contributed by atoms with Crippen LogP contribution in [0.5, 0.6) is 5.75 Å². The highest BCUT2D eigenvalue weighted by molar-refractivity contribution is 6.03. The van der Waals surface area contributed by atoms with Crippen molar-refractivity contribution >= 4 is 11.6 Å². The van der Waals surface area contributed by atoms with Crippen molar-refractivity contribution < 1.29 is 23.8 Å². The van der Waals surface area contributed by atoms with Gasteiger partial charge >= 0.3 is 0 Å². The van der Waals surface area contributed by atoms with Crippen molar-refractivity contribution in [3.05, 3.63) is 95.6 Å². The van der Waals surface area contributed by atoms with Crippen LogP contribution in [0.15, 0.2) is 72.8 Å². The number of hydrogen-bond acceptors (Lipinski definition) is 3. The lowest BCUT2D eigenvalue weighted by atomic mass is 9.78. The second-order valence-corrected chi connectivity index (χ2v) is 7.47. The molecule has 6 heteroatoms. The predicted octanol–water partition coefficient (Wildman–Crippen LogP) is 4.89. The van der Waals surface area contributed by atoms with Gasteiger partial charge in [-0.1, -0.05) is 24.3 Å². The number of carbonyl (C=O) groups is 1. The zero-order chi connectivity index (χ0) is 21.3. The van der Waals surface area contributed by atoms with Gasteiger partial charge in [0.15, 0.2) is 0 Å². The molecule has 1 unspecified atom stereocenters. The summed E-state index contributed by atoms with van der Waals surface area (Å²) in [5, 5.41) is 20.1. The van der Waals surface area contributed by atoms with Crippen LogP contribution in [0.3, 0.4) is 0 Å². The van der Waals surface area contributed by atoms with E-state index in [-0.39, 0.29) is 35.3 Å². The van der Waals surface area contributed by atoms with Crippen LogP contribution in [0, 0.1) is 17.6 Å². The van der Waals surface area contributed by atoms with Crippen molar-refractivity contribution in [3.8, 4) is 5.75 Å². The molecule has 30 heavy (non-hydrogen) atoms. The summed E-state index contributed by atoms with van der Waals surface area (Å²) in [6, 6.07) is 17.7. The Labute approximate surface area is 173 Å². The Kier molecular flexibility index (Phi) is 5.50. The SMILES string of the molecule is O=C1[C@H](CCC(O)c2ccc(F)cc2)[C@H](c2ccc(O)cc2)N1c1ccc(F)cc1. The molecule has 0 saturated carbocycles. The van der Waals surface area contributed by atoms with Gasteiger partial charge in [0, 0.05) is 5.69 Å². The molecule has 1 fully saturated rings. The highest BCUT2D eigenvalue weighted by Crippen LogP contribution is 2.46. The maximum absolute atomic E-state index is 13.3. The molecular weight excluding hydrogens is 388 g/mol. The van der Waals surface area contributed by atoms with Gasteiger partial charge in [0.25, 0.3) is 0 Å². The number of benzene rings is 3. The highest BCUT2D eigenvalue weighted by atomic mass is 19.1. The fraction of sp³-hybridized carbons (Fsp3) is 0.208. The summed E-state index contributed by atoms with van der Waals surface area (Å²) < 4.78 is 26.4. The molecule has 0 aliphatic carbocycles. The van der Waals surface area contributed by atoms with Crippen LogP contribution in [-0.2, 0) is 4.79 Å². The van der Waals surface area contributed by atoms with E-state index in [4.69, 9.17) is 0 Å². The van der Waals surface area contributed by atoms with E-state index < -0.39 is 6.10 Å². The van der Waals surface area contributed by atoms with E-state index in [9.17, 15) is 23.8 Å². The van der Waals surface area contributed by atoms with E-state index in [1.807, 2.05) is 0 Å². The number of hydrogen-bond donors (Lipinski definition) is 2. The molecule has 4 nitrogen and oxygen atoms in total. The fourth-order valence-corrected chi connectivity index (χ4v) is 3.96. The topological polar surface area (TPSA) is 60.8 Å². The average Bonchev–Trinajstić information content (AvgIpc) is 2.74. The minimum Gasteiger partial charge on any atom is -0.508 e. The summed E-state index contributed by atoms with van der Waals surface area (Å²) in [5.74, 6) is -1.10. The molecule has 2 N–H and O–H groups in total. The van der Waals surface area contributed by atoms with Crippen molar-refractivity contribution in [3.63, 3.8) is 0 Å². The van der Waals surface area contributed by atoms with Crippen LogP contribution < -0.4 is 4.90 Å². The molecule has 0 radical (unpaired) electrons. The lowest BCUT2D eigenvalue weighted by molar-refractivity contribution is -0.131. The summed E-state index contributed by atoms with van der Waals surface area (Å²) >= 11 is 0.